The minimum atomic E-state index is -0.190. The van der Waals surface area contributed by atoms with E-state index < -0.39 is 0 Å². The van der Waals surface area contributed by atoms with Crippen molar-refractivity contribution in [1.29, 1.82) is 0 Å². The molecule has 1 amide bonds. The van der Waals surface area contributed by atoms with Gasteiger partial charge in [-0.1, -0.05) is 78.1 Å². The average Bonchev–Trinajstić information content (AvgIpc) is 3.20. The molecule has 0 bridgehead atoms. The zero-order valence-corrected chi connectivity index (χ0v) is 17.4. The van der Waals surface area contributed by atoms with Crippen molar-refractivity contribution in [2.45, 2.75) is 6.42 Å². The van der Waals surface area contributed by atoms with Gasteiger partial charge in [0.25, 0.3) is 5.91 Å². The molecule has 0 aliphatic heterocycles. The second kappa shape index (κ2) is 8.13. The summed E-state index contributed by atoms with van der Waals surface area (Å²) in [6.45, 7) is 0. The first-order valence-electron chi connectivity index (χ1n) is 9.93. The van der Waals surface area contributed by atoms with Crippen LogP contribution in [0.2, 0.25) is 0 Å². The van der Waals surface area contributed by atoms with Crippen LogP contribution in [0.5, 0.6) is 0 Å². The molecule has 0 fully saturated rings. The summed E-state index contributed by atoms with van der Waals surface area (Å²) in [5.74, 6) is -0.112. The lowest BCUT2D eigenvalue weighted by molar-refractivity contribution is 0.0991. The Hall–Kier alpha value is -3.83. The number of amides is 1. The van der Waals surface area contributed by atoms with Crippen molar-refractivity contribution < 1.29 is 9.59 Å². The van der Waals surface area contributed by atoms with E-state index in [0.29, 0.717) is 22.7 Å². The highest BCUT2D eigenvalue weighted by Gasteiger charge is 2.12. The topological polar surface area (TPSA) is 59.1 Å². The van der Waals surface area contributed by atoms with Crippen molar-refractivity contribution in [3.05, 3.63) is 108 Å². The maximum atomic E-state index is 12.7. The Morgan fingerprint density at radius 2 is 1.55 bits per heavy atom. The molecule has 4 nitrogen and oxygen atoms in total. The molecule has 0 unspecified atom stereocenters. The van der Waals surface area contributed by atoms with E-state index >= 15 is 0 Å². The third-order valence-electron chi connectivity index (χ3n) is 5.15. The fourth-order valence-corrected chi connectivity index (χ4v) is 4.47. The molecular formula is C26H18N2O2S. The minimum absolute atomic E-state index is 0.0781. The molecule has 0 spiro atoms. The lowest BCUT2D eigenvalue weighted by Crippen LogP contribution is -2.11. The number of nitrogens with zero attached hydrogens (tertiary/aromatic N) is 1. The molecule has 0 atom stereocenters. The van der Waals surface area contributed by atoms with Crippen LogP contribution < -0.4 is 5.32 Å². The molecule has 5 rings (SSSR count). The number of carbonyl (C=O) groups excluding carboxylic acids is 2. The van der Waals surface area contributed by atoms with E-state index in [9.17, 15) is 9.59 Å². The van der Waals surface area contributed by atoms with E-state index in [-0.39, 0.29) is 11.7 Å². The van der Waals surface area contributed by atoms with Crippen LogP contribution in [0.3, 0.4) is 0 Å². The standard InChI is InChI=1S/C26H18N2O2S/c29-23(19-7-2-1-3-8-19)14-17-10-13-22-24(15-17)31-26(27-22)28-25(30)21-12-11-18-6-4-5-9-20(18)16-21/h1-13,15-16H,14H2,(H,27,28,30). The number of nitrogens with one attached hydrogen (secondary N) is 1. The Morgan fingerprint density at radius 1 is 0.774 bits per heavy atom. The molecule has 0 saturated heterocycles. The summed E-state index contributed by atoms with van der Waals surface area (Å²) in [4.78, 5) is 29.7. The number of fused-ring (bicyclic) bond motifs is 2. The van der Waals surface area contributed by atoms with Gasteiger partial charge in [-0.05, 0) is 40.6 Å². The number of ketones is 1. The van der Waals surface area contributed by atoms with Gasteiger partial charge in [0.1, 0.15) is 0 Å². The van der Waals surface area contributed by atoms with Crippen LogP contribution >= 0.6 is 11.3 Å². The second-order valence-corrected chi connectivity index (χ2v) is 8.33. The van der Waals surface area contributed by atoms with Crippen molar-refractivity contribution in [1.82, 2.24) is 4.98 Å². The third-order valence-corrected chi connectivity index (χ3v) is 6.08. The number of anilines is 1. The quantitative estimate of drug-likeness (QED) is 0.347. The summed E-state index contributed by atoms with van der Waals surface area (Å²) in [7, 11) is 0. The molecule has 150 valence electrons. The summed E-state index contributed by atoms with van der Waals surface area (Å²) < 4.78 is 0.937. The van der Waals surface area contributed by atoms with Gasteiger partial charge in [0.15, 0.2) is 10.9 Å². The highest BCUT2D eigenvalue weighted by Crippen LogP contribution is 2.28. The number of aromatic nitrogens is 1. The van der Waals surface area contributed by atoms with Gasteiger partial charge in [-0.3, -0.25) is 14.9 Å². The summed E-state index contributed by atoms with van der Waals surface area (Å²) in [5.41, 5.74) is 3.02. The molecule has 31 heavy (non-hydrogen) atoms. The summed E-state index contributed by atoms with van der Waals surface area (Å²) in [6.07, 6.45) is 0.330. The molecule has 0 radical (unpaired) electrons. The Balaban J connectivity index is 1.34. The van der Waals surface area contributed by atoms with Gasteiger partial charge in [0, 0.05) is 17.5 Å². The number of hydrogen-bond acceptors (Lipinski definition) is 4. The molecule has 0 saturated carbocycles. The predicted octanol–water partition coefficient (Wildman–Crippen LogP) is 6.13. The Labute approximate surface area is 183 Å². The van der Waals surface area contributed by atoms with Crippen LogP contribution in [0.1, 0.15) is 26.3 Å². The number of benzene rings is 4. The molecule has 1 heterocycles. The molecule has 4 aromatic carbocycles. The van der Waals surface area contributed by atoms with Gasteiger partial charge in [-0.25, -0.2) is 4.98 Å². The first kappa shape index (κ1) is 19.2. The van der Waals surface area contributed by atoms with Gasteiger partial charge in [0.2, 0.25) is 0 Å². The maximum Gasteiger partial charge on any atom is 0.257 e. The van der Waals surface area contributed by atoms with Crippen LogP contribution in [0, 0.1) is 0 Å². The highest BCUT2D eigenvalue weighted by atomic mass is 32.1. The van der Waals surface area contributed by atoms with E-state index in [1.165, 1.54) is 11.3 Å². The van der Waals surface area contributed by atoms with Gasteiger partial charge in [-0.15, -0.1) is 0 Å². The minimum Gasteiger partial charge on any atom is -0.298 e. The van der Waals surface area contributed by atoms with Gasteiger partial charge in [0.05, 0.1) is 10.2 Å². The van der Waals surface area contributed by atoms with Crippen molar-refractivity contribution in [3.63, 3.8) is 0 Å². The van der Waals surface area contributed by atoms with E-state index in [1.54, 1.807) is 0 Å². The summed E-state index contributed by atoms with van der Waals surface area (Å²) in [6, 6.07) is 28.6. The lowest BCUT2D eigenvalue weighted by atomic mass is 10.0. The fourth-order valence-electron chi connectivity index (χ4n) is 3.54. The van der Waals surface area contributed by atoms with Gasteiger partial charge < -0.3 is 0 Å². The Kier molecular flexibility index (Phi) is 5.02. The smallest absolute Gasteiger partial charge is 0.257 e. The number of rotatable bonds is 5. The van der Waals surface area contributed by atoms with Crippen LogP contribution in [0.4, 0.5) is 5.13 Å². The van der Waals surface area contributed by atoms with E-state index in [4.69, 9.17) is 0 Å². The molecule has 0 aliphatic rings. The molecular weight excluding hydrogens is 404 g/mol. The second-order valence-electron chi connectivity index (χ2n) is 7.30. The molecule has 5 heteroatoms. The summed E-state index contributed by atoms with van der Waals surface area (Å²) >= 11 is 1.41. The van der Waals surface area contributed by atoms with Crippen LogP contribution in [-0.4, -0.2) is 16.7 Å². The van der Waals surface area contributed by atoms with Gasteiger partial charge in [-0.2, -0.15) is 0 Å². The summed E-state index contributed by atoms with van der Waals surface area (Å²) in [5, 5.41) is 5.56. The normalized spacial score (nSPS) is 11.0. The average molecular weight is 423 g/mol. The zero-order chi connectivity index (χ0) is 21.2. The lowest BCUT2D eigenvalue weighted by Gasteiger charge is -2.03. The Bertz CT molecular complexity index is 1420. The first-order valence-corrected chi connectivity index (χ1v) is 10.8. The number of Topliss-reactive ketones (excluding diaryl/α,β-unsaturated/α-hetero) is 1. The predicted molar refractivity (Wildman–Crippen MR) is 126 cm³/mol. The largest absolute Gasteiger partial charge is 0.298 e. The van der Waals surface area contributed by atoms with Crippen molar-refractivity contribution in [2.24, 2.45) is 0 Å². The van der Waals surface area contributed by atoms with Crippen molar-refractivity contribution in [2.75, 3.05) is 5.32 Å². The first-order chi connectivity index (χ1) is 15.2. The van der Waals surface area contributed by atoms with Crippen molar-refractivity contribution in [3.8, 4) is 0 Å². The SMILES string of the molecule is O=C(Cc1ccc2nc(NC(=O)c3ccc4ccccc4c3)sc2c1)c1ccccc1. The third kappa shape index (κ3) is 4.09. The molecule has 1 aromatic heterocycles. The van der Waals surface area contributed by atoms with E-state index in [1.807, 2.05) is 91.0 Å². The van der Waals surface area contributed by atoms with E-state index in [0.717, 1.165) is 26.6 Å². The van der Waals surface area contributed by atoms with Crippen LogP contribution in [-0.2, 0) is 6.42 Å². The number of carbonyl (C=O) groups is 2. The van der Waals surface area contributed by atoms with Crippen LogP contribution in [0.25, 0.3) is 21.0 Å². The van der Waals surface area contributed by atoms with Crippen LogP contribution in [0.15, 0.2) is 91.0 Å². The molecule has 1 N–H and O–H groups in total. The van der Waals surface area contributed by atoms with E-state index in [2.05, 4.69) is 10.3 Å². The zero-order valence-electron chi connectivity index (χ0n) is 16.5. The maximum absolute atomic E-state index is 12.7. The van der Waals surface area contributed by atoms with Crippen molar-refractivity contribution >= 4 is 49.1 Å². The Morgan fingerprint density at radius 3 is 2.39 bits per heavy atom. The molecule has 0 aliphatic carbocycles. The monoisotopic (exact) mass is 422 g/mol. The molecule has 5 aromatic rings. The fraction of sp³-hybridized carbons (Fsp3) is 0.0385. The number of hydrogen-bond donors (Lipinski definition) is 1. The van der Waals surface area contributed by atoms with Gasteiger partial charge >= 0.3 is 0 Å². The highest BCUT2D eigenvalue weighted by molar-refractivity contribution is 7.22. The number of thiazole rings is 1.